The second kappa shape index (κ2) is 7.40. The van der Waals surface area contributed by atoms with Crippen LogP contribution in [0, 0.1) is 0 Å². The summed E-state index contributed by atoms with van der Waals surface area (Å²) in [6.45, 7) is 0.118. The van der Waals surface area contributed by atoms with E-state index in [1.807, 2.05) is 30.3 Å². The number of carbonyl (C=O) groups excluding carboxylic acids is 1. The first-order chi connectivity index (χ1) is 10.1. The van der Waals surface area contributed by atoms with E-state index in [-0.39, 0.29) is 24.6 Å². The van der Waals surface area contributed by atoms with Gasteiger partial charge in [0.05, 0.1) is 6.10 Å². The van der Waals surface area contributed by atoms with Crippen molar-refractivity contribution < 1.29 is 9.90 Å². The minimum Gasteiger partial charge on any atom is -0.391 e. The molecule has 1 unspecified atom stereocenters. The number of rotatable bonds is 6. The third kappa shape index (κ3) is 4.89. The third-order valence-electron chi connectivity index (χ3n) is 3.06. The number of hydrogen-bond donors (Lipinski definition) is 2. The molecule has 0 saturated heterocycles. The number of nitrogens with one attached hydrogen (secondary N) is 1. The SMILES string of the molecule is O=C(Cn1ccccc1=O)NCC(O)Cc1ccccc1. The van der Waals surface area contributed by atoms with Gasteiger partial charge in [-0.1, -0.05) is 36.4 Å². The van der Waals surface area contributed by atoms with Crippen molar-refractivity contribution in [1.82, 2.24) is 9.88 Å². The zero-order valence-corrected chi connectivity index (χ0v) is 11.6. The number of carbonyl (C=O) groups is 1. The lowest BCUT2D eigenvalue weighted by molar-refractivity contribution is -0.122. The maximum atomic E-state index is 11.7. The summed E-state index contributed by atoms with van der Waals surface area (Å²) in [7, 11) is 0. The summed E-state index contributed by atoms with van der Waals surface area (Å²) in [6.07, 6.45) is 1.39. The van der Waals surface area contributed by atoms with Crippen LogP contribution in [0.2, 0.25) is 0 Å². The van der Waals surface area contributed by atoms with E-state index in [1.165, 1.54) is 10.6 Å². The maximum Gasteiger partial charge on any atom is 0.250 e. The Balaban J connectivity index is 1.79. The van der Waals surface area contributed by atoms with E-state index in [9.17, 15) is 14.7 Å². The number of hydrogen-bond acceptors (Lipinski definition) is 3. The number of aliphatic hydroxyl groups excluding tert-OH is 1. The van der Waals surface area contributed by atoms with E-state index in [4.69, 9.17) is 0 Å². The molecule has 0 saturated carbocycles. The fourth-order valence-corrected chi connectivity index (χ4v) is 1.99. The minimum atomic E-state index is -0.649. The van der Waals surface area contributed by atoms with E-state index < -0.39 is 6.10 Å². The van der Waals surface area contributed by atoms with E-state index in [0.29, 0.717) is 6.42 Å². The Hall–Kier alpha value is -2.40. The van der Waals surface area contributed by atoms with Gasteiger partial charge in [0, 0.05) is 25.2 Å². The first kappa shape index (κ1) is 15.0. The maximum absolute atomic E-state index is 11.7. The number of aliphatic hydroxyl groups is 1. The van der Waals surface area contributed by atoms with Gasteiger partial charge in [0.25, 0.3) is 5.56 Å². The lowest BCUT2D eigenvalue weighted by atomic mass is 10.1. The highest BCUT2D eigenvalue weighted by molar-refractivity contribution is 5.75. The number of aromatic nitrogens is 1. The van der Waals surface area contributed by atoms with Crippen LogP contribution in [0.25, 0.3) is 0 Å². The van der Waals surface area contributed by atoms with Crippen LogP contribution >= 0.6 is 0 Å². The molecule has 1 aromatic carbocycles. The fourth-order valence-electron chi connectivity index (χ4n) is 1.99. The van der Waals surface area contributed by atoms with Crippen LogP contribution in [0.3, 0.4) is 0 Å². The molecule has 110 valence electrons. The number of benzene rings is 1. The zero-order valence-electron chi connectivity index (χ0n) is 11.6. The summed E-state index contributed by atoms with van der Waals surface area (Å²) in [4.78, 5) is 23.2. The predicted molar refractivity (Wildman–Crippen MR) is 79.9 cm³/mol. The molecule has 2 rings (SSSR count). The minimum absolute atomic E-state index is 0.0439. The summed E-state index contributed by atoms with van der Waals surface area (Å²) in [5, 5.41) is 12.5. The van der Waals surface area contributed by atoms with Crippen molar-refractivity contribution >= 4 is 5.91 Å². The molecule has 5 heteroatoms. The van der Waals surface area contributed by atoms with Crippen LogP contribution < -0.4 is 10.9 Å². The van der Waals surface area contributed by atoms with Crippen LogP contribution in [0.15, 0.2) is 59.5 Å². The topological polar surface area (TPSA) is 71.3 Å². The molecule has 21 heavy (non-hydrogen) atoms. The van der Waals surface area contributed by atoms with E-state index in [1.54, 1.807) is 18.3 Å². The fraction of sp³-hybridized carbons (Fsp3) is 0.250. The van der Waals surface area contributed by atoms with Crippen LogP contribution in [0.4, 0.5) is 0 Å². The van der Waals surface area contributed by atoms with Gasteiger partial charge in [0.1, 0.15) is 6.54 Å². The summed E-state index contributed by atoms with van der Waals surface area (Å²) in [5.41, 5.74) is 0.788. The van der Waals surface area contributed by atoms with E-state index >= 15 is 0 Å². The Morgan fingerprint density at radius 1 is 1.14 bits per heavy atom. The quantitative estimate of drug-likeness (QED) is 0.815. The number of pyridine rings is 1. The first-order valence-corrected chi connectivity index (χ1v) is 6.79. The Bertz CT molecular complexity index is 637. The lowest BCUT2D eigenvalue weighted by Gasteiger charge is -2.12. The highest BCUT2D eigenvalue weighted by Gasteiger charge is 2.08. The molecule has 0 bridgehead atoms. The number of nitrogens with zero attached hydrogens (tertiary/aromatic N) is 1. The van der Waals surface area contributed by atoms with Crippen molar-refractivity contribution in [3.8, 4) is 0 Å². The van der Waals surface area contributed by atoms with Crippen molar-refractivity contribution in [2.24, 2.45) is 0 Å². The van der Waals surface area contributed by atoms with Gasteiger partial charge in [0.15, 0.2) is 0 Å². The van der Waals surface area contributed by atoms with Crippen LogP contribution in [-0.2, 0) is 17.8 Å². The first-order valence-electron chi connectivity index (χ1n) is 6.79. The molecule has 0 aliphatic rings. The predicted octanol–water partition coefficient (Wildman–Crippen LogP) is 0.568. The Morgan fingerprint density at radius 2 is 1.86 bits per heavy atom. The molecule has 2 N–H and O–H groups in total. The highest BCUT2D eigenvalue weighted by atomic mass is 16.3. The lowest BCUT2D eigenvalue weighted by Crippen LogP contribution is -2.37. The average molecular weight is 286 g/mol. The van der Waals surface area contributed by atoms with Gasteiger partial charge >= 0.3 is 0 Å². The normalized spacial score (nSPS) is 11.9. The Morgan fingerprint density at radius 3 is 2.57 bits per heavy atom. The summed E-state index contributed by atoms with van der Waals surface area (Å²) in [6, 6.07) is 14.3. The van der Waals surface area contributed by atoms with E-state index in [2.05, 4.69) is 5.32 Å². The van der Waals surface area contributed by atoms with Crippen molar-refractivity contribution in [2.45, 2.75) is 19.1 Å². The van der Waals surface area contributed by atoms with Crippen molar-refractivity contribution in [2.75, 3.05) is 6.54 Å². The van der Waals surface area contributed by atoms with Crippen LogP contribution in [0.5, 0.6) is 0 Å². The third-order valence-corrected chi connectivity index (χ3v) is 3.06. The second-order valence-corrected chi connectivity index (χ2v) is 4.81. The van der Waals surface area contributed by atoms with Gasteiger partial charge in [0.2, 0.25) is 5.91 Å². The van der Waals surface area contributed by atoms with Gasteiger partial charge < -0.3 is 15.0 Å². The molecular weight excluding hydrogens is 268 g/mol. The van der Waals surface area contributed by atoms with Gasteiger partial charge in [-0.15, -0.1) is 0 Å². The van der Waals surface area contributed by atoms with Gasteiger partial charge in [-0.3, -0.25) is 9.59 Å². The van der Waals surface area contributed by atoms with Gasteiger partial charge in [-0.25, -0.2) is 0 Å². The molecule has 1 atom stereocenters. The summed E-state index contributed by atoms with van der Waals surface area (Å²) >= 11 is 0. The van der Waals surface area contributed by atoms with Gasteiger partial charge in [-0.05, 0) is 11.6 Å². The molecule has 0 aliphatic heterocycles. The standard InChI is InChI=1S/C16H18N2O3/c19-14(10-13-6-2-1-3-7-13)11-17-15(20)12-18-9-5-4-8-16(18)21/h1-9,14,19H,10-12H2,(H,17,20). The van der Waals surface area contributed by atoms with Crippen molar-refractivity contribution in [1.29, 1.82) is 0 Å². The Kier molecular flexibility index (Phi) is 5.29. The van der Waals surface area contributed by atoms with Crippen LogP contribution in [-0.4, -0.2) is 28.2 Å². The molecule has 0 spiro atoms. The molecule has 0 aliphatic carbocycles. The molecule has 1 aromatic heterocycles. The Labute approximate surface area is 122 Å². The number of amides is 1. The van der Waals surface area contributed by atoms with Crippen LogP contribution in [0.1, 0.15) is 5.56 Å². The molecule has 5 nitrogen and oxygen atoms in total. The summed E-state index contributed by atoms with van der Waals surface area (Å²) < 4.78 is 1.32. The second-order valence-electron chi connectivity index (χ2n) is 4.81. The molecule has 2 aromatic rings. The molecular formula is C16H18N2O3. The zero-order chi connectivity index (χ0) is 15.1. The monoisotopic (exact) mass is 286 g/mol. The molecule has 0 fully saturated rings. The molecule has 1 amide bonds. The molecule has 1 heterocycles. The van der Waals surface area contributed by atoms with Crippen molar-refractivity contribution in [3.63, 3.8) is 0 Å². The summed E-state index contributed by atoms with van der Waals surface area (Å²) in [5.74, 6) is -0.296. The van der Waals surface area contributed by atoms with Crippen molar-refractivity contribution in [3.05, 3.63) is 70.6 Å². The molecule has 0 radical (unpaired) electrons. The smallest absolute Gasteiger partial charge is 0.250 e. The highest BCUT2D eigenvalue weighted by Crippen LogP contribution is 2.02. The largest absolute Gasteiger partial charge is 0.391 e. The van der Waals surface area contributed by atoms with Gasteiger partial charge in [-0.2, -0.15) is 0 Å². The average Bonchev–Trinajstić information content (AvgIpc) is 2.49. The van der Waals surface area contributed by atoms with E-state index in [0.717, 1.165) is 5.56 Å².